The summed E-state index contributed by atoms with van der Waals surface area (Å²) in [5.74, 6) is -0.0745. The standard InChI is InChI=1S/C16H31NO3/c1-4-6-7-8-9-13(3)20-12-16(17,14-10-11-14)15(18)19-5-2/h13-14H,4-12,17H2,1-3H3. The van der Waals surface area contributed by atoms with E-state index in [-0.39, 0.29) is 24.6 Å². The van der Waals surface area contributed by atoms with E-state index >= 15 is 0 Å². The molecule has 1 fully saturated rings. The second-order valence-corrected chi connectivity index (χ2v) is 6.01. The van der Waals surface area contributed by atoms with Crippen LogP contribution in [0.2, 0.25) is 0 Å². The Morgan fingerprint density at radius 2 is 2.00 bits per heavy atom. The SMILES string of the molecule is CCCCCCC(C)OCC(N)(C(=O)OCC)C1CC1. The number of carbonyl (C=O) groups excluding carboxylic acids is 1. The molecule has 1 aliphatic carbocycles. The predicted octanol–water partition coefficient (Wildman–Crippen LogP) is 3.03. The second-order valence-electron chi connectivity index (χ2n) is 6.01. The molecule has 2 unspecified atom stereocenters. The van der Waals surface area contributed by atoms with Crippen molar-refractivity contribution in [2.75, 3.05) is 13.2 Å². The van der Waals surface area contributed by atoms with E-state index in [0.29, 0.717) is 6.61 Å². The van der Waals surface area contributed by atoms with Gasteiger partial charge in [0.2, 0.25) is 0 Å². The van der Waals surface area contributed by atoms with Crippen molar-refractivity contribution in [3.05, 3.63) is 0 Å². The second kappa shape index (κ2) is 8.63. The van der Waals surface area contributed by atoms with E-state index in [1.807, 2.05) is 6.92 Å². The van der Waals surface area contributed by atoms with E-state index in [9.17, 15) is 4.79 Å². The maximum absolute atomic E-state index is 12.0. The Hall–Kier alpha value is -0.610. The molecule has 0 spiro atoms. The zero-order chi connectivity index (χ0) is 15.0. The van der Waals surface area contributed by atoms with Crippen molar-refractivity contribution in [1.82, 2.24) is 0 Å². The topological polar surface area (TPSA) is 61.5 Å². The number of nitrogens with two attached hydrogens (primary N) is 1. The third-order valence-electron chi connectivity index (χ3n) is 4.03. The normalized spacial score (nSPS) is 19.4. The fourth-order valence-corrected chi connectivity index (χ4v) is 2.43. The van der Waals surface area contributed by atoms with Gasteiger partial charge < -0.3 is 15.2 Å². The highest BCUT2D eigenvalue weighted by atomic mass is 16.5. The molecule has 1 aliphatic rings. The monoisotopic (exact) mass is 285 g/mol. The van der Waals surface area contributed by atoms with Crippen molar-refractivity contribution in [3.8, 4) is 0 Å². The highest BCUT2D eigenvalue weighted by Crippen LogP contribution is 2.39. The van der Waals surface area contributed by atoms with Crippen molar-refractivity contribution < 1.29 is 14.3 Å². The van der Waals surface area contributed by atoms with Crippen LogP contribution in [0.3, 0.4) is 0 Å². The Morgan fingerprint density at radius 1 is 1.30 bits per heavy atom. The summed E-state index contributed by atoms with van der Waals surface area (Å²) in [6.07, 6.45) is 8.14. The number of hydrogen-bond donors (Lipinski definition) is 1. The number of esters is 1. The van der Waals surface area contributed by atoms with Crippen LogP contribution < -0.4 is 5.73 Å². The first-order valence-electron chi connectivity index (χ1n) is 8.12. The third kappa shape index (κ3) is 5.41. The van der Waals surface area contributed by atoms with Crippen LogP contribution in [0.4, 0.5) is 0 Å². The van der Waals surface area contributed by atoms with E-state index in [0.717, 1.165) is 19.3 Å². The third-order valence-corrected chi connectivity index (χ3v) is 4.03. The molecule has 0 aromatic heterocycles. The molecule has 0 aromatic carbocycles. The van der Waals surface area contributed by atoms with Crippen LogP contribution in [-0.4, -0.2) is 30.8 Å². The summed E-state index contributed by atoms with van der Waals surface area (Å²) in [5.41, 5.74) is 5.32. The summed E-state index contributed by atoms with van der Waals surface area (Å²) in [6.45, 7) is 6.73. The van der Waals surface area contributed by atoms with Crippen LogP contribution in [0.25, 0.3) is 0 Å². The molecule has 2 atom stereocenters. The molecule has 20 heavy (non-hydrogen) atoms. The lowest BCUT2D eigenvalue weighted by Gasteiger charge is -2.28. The van der Waals surface area contributed by atoms with Crippen molar-refractivity contribution in [3.63, 3.8) is 0 Å². The first-order chi connectivity index (χ1) is 9.54. The lowest BCUT2D eigenvalue weighted by molar-refractivity contribution is -0.154. The summed E-state index contributed by atoms with van der Waals surface area (Å²) in [7, 11) is 0. The molecule has 0 amide bonds. The van der Waals surface area contributed by atoms with Gasteiger partial charge in [0.05, 0.1) is 19.3 Å². The van der Waals surface area contributed by atoms with Gasteiger partial charge in [-0.3, -0.25) is 0 Å². The minimum absolute atomic E-state index is 0.156. The van der Waals surface area contributed by atoms with Gasteiger partial charge >= 0.3 is 5.97 Å². The highest BCUT2D eigenvalue weighted by Gasteiger charge is 2.49. The first-order valence-corrected chi connectivity index (χ1v) is 8.12. The molecule has 0 heterocycles. The van der Waals surface area contributed by atoms with Crippen LogP contribution in [0.15, 0.2) is 0 Å². The van der Waals surface area contributed by atoms with Crippen molar-refractivity contribution in [2.45, 2.75) is 77.4 Å². The van der Waals surface area contributed by atoms with Crippen LogP contribution in [0, 0.1) is 5.92 Å². The minimum atomic E-state index is -0.937. The molecule has 118 valence electrons. The number of hydrogen-bond acceptors (Lipinski definition) is 4. The molecule has 0 aromatic rings. The summed E-state index contributed by atoms with van der Waals surface area (Å²) in [6, 6.07) is 0. The average Bonchev–Trinajstić information content (AvgIpc) is 3.26. The van der Waals surface area contributed by atoms with E-state index in [2.05, 4.69) is 13.8 Å². The fraction of sp³-hybridized carbons (Fsp3) is 0.938. The zero-order valence-electron chi connectivity index (χ0n) is 13.3. The maximum Gasteiger partial charge on any atom is 0.328 e. The van der Waals surface area contributed by atoms with Crippen LogP contribution in [0.5, 0.6) is 0 Å². The Bertz CT molecular complexity index is 291. The fourth-order valence-electron chi connectivity index (χ4n) is 2.43. The largest absolute Gasteiger partial charge is 0.465 e. The summed E-state index contributed by atoms with van der Waals surface area (Å²) >= 11 is 0. The molecule has 4 nitrogen and oxygen atoms in total. The summed E-state index contributed by atoms with van der Waals surface area (Å²) in [4.78, 5) is 12.0. The molecule has 0 bridgehead atoms. The van der Waals surface area contributed by atoms with Crippen molar-refractivity contribution >= 4 is 5.97 Å². The summed E-state index contributed by atoms with van der Waals surface area (Å²) in [5, 5.41) is 0. The molecule has 1 rings (SSSR count). The van der Waals surface area contributed by atoms with Gasteiger partial charge in [0.1, 0.15) is 5.54 Å². The lowest BCUT2D eigenvalue weighted by atomic mass is 9.95. The Labute approximate surface area is 123 Å². The van der Waals surface area contributed by atoms with Crippen LogP contribution >= 0.6 is 0 Å². The molecule has 0 radical (unpaired) electrons. The lowest BCUT2D eigenvalue weighted by Crippen LogP contribution is -2.55. The number of ether oxygens (including phenoxy) is 2. The van der Waals surface area contributed by atoms with E-state index in [1.165, 1.54) is 25.7 Å². The molecular formula is C16H31NO3. The predicted molar refractivity (Wildman–Crippen MR) is 80.4 cm³/mol. The van der Waals surface area contributed by atoms with Gasteiger partial charge in [-0.05, 0) is 39.0 Å². The maximum atomic E-state index is 12.0. The van der Waals surface area contributed by atoms with E-state index in [1.54, 1.807) is 0 Å². The van der Waals surface area contributed by atoms with Crippen LogP contribution in [-0.2, 0) is 14.3 Å². The Balaban J connectivity index is 2.33. The Morgan fingerprint density at radius 3 is 2.55 bits per heavy atom. The van der Waals surface area contributed by atoms with Gasteiger partial charge in [-0.1, -0.05) is 32.6 Å². The van der Waals surface area contributed by atoms with Gasteiger partial charge in [-0.15, -0.1) is 0 Å². The number of rotatable bonds is 11. The van der Waals surface area contributed by atoms with Gasteiger partial charge in [-0.25, -0.2) is 4.79 Å². The molecule has 0 aliphatic heterocycles. The zero-order valence-corrected chi connectivity index (χ0v) is 13.3. The highest BCUT2D eigenvalue weighted by molar-refractivity contribution is 5.81. The minimum Gasteiger partial charge on any atom is -0.465 e. The molecule has 4 heteroatoms. The van der Waals surface area contributed by atoms with Gasteiger partial charge in [0.15, 0.2) is 0 Å². The quantitative estimate of drug-likeness (QED) is 0.468. The van der Waals surface area contributed by atoms with Crippen LogP contribution in [0.1, 0.15) is 65.7 Å². The van der Waals surface area contributed by atoms with E-state index < -0.39 is 5.54 Å². The van der Waals surface area contributed by atoms with Gasteiger partial charge in [0, 0.05) is 0 Å². The molecule has 1 saturated carbocycles. The average molecular weight is 285 g/mol. The molecule has 0 saturated heterocycles. The first kappa shape index (κ1) is 17.4. The van der Waals surface area contributed by atoms with Gasteiger partial charge in [0.25, 0.3) is 0 Å². The Kier molecular flexibility index (Phi) is 7.52. The van der Waals surface area contributed by atoms with E-state index in [4.69, 9.17) is 15.2 Å². The molecule has 2 N–H and O–H groups in total. The van der Waals surface area contributed by atoms with Gasteiger partial charge in [-0.2, -0.15) is 0 Å². The number of carbonyl (C=O) groups is 1. The van der Waals surface area contributed by atoms with Crippen molar-refractivity contribution in [1.29, 1.82) is 0 Å². The van der Waals surface area contributed by atoms with Crippen molar-refractivity contribution in [2.24, 2.45) is 11.7 Å². The molecular weight excluding hydrogens is 254 g/mol. The summed E-state index contributed by atoms with van der Waals surface area (Å²) < 4.78 is 10.9. The smallest absolute Gasteiger partial charge is 0.328 e. The number of unbranched alkanes of at least 4 members (excludes halogenated alkanes) is 3.